The van der Waals surface area contributed by atoms with Gasteiger partial charge in [-0.15, -0.1) is 0 Å². The third-order valence-electron chi connectivity index (χ3n) is 4.12. The highest BCUT2D eigenvalue weighted by Gasteiger charge is 2.28. The molecule has 3 rings (SSSR count). The van der Waals surface area contributed by atoms with Crippen molar-refractivity contribution in [3.63, 3.8) is 0 Å². The van der Waals surface area contributed by atoms with Crippen LogP contribution in [0, 0.1) is 5.82 Å². The number of hydrogen-bond donors (Lipinski definition) is 0. The van der Waals surface area contributed by atoms with Crippen LogP contribution in [0.25, 0.3) is 0 Å². The van der Waals surface area contributed by atoms with Crippen LogP contribution in [-0.4, -0.2) is 29.1 Å². The SMILES string of the molecule is CCc1nsc(N(C)C2CCOC(c3ccc(F)cc3)C2)n1. The van der Waals surface area contributed by atoms with Crippen molar-refractivity contribution in [3.8, 4) is 0 Å². The summed E-state index contributed by atoms with van der Waals surface area (Å²) in [7, 11) is 2.07. The van der Waals surface area contributed by atoms with Gasteiger partial charge in [-0.3, -0.25) is 0 Å². The lowest BCUT2D eigenvalue weighted by molar-refractivity contribution is 0.00588. The number of aromatic nitrogens is 2. The number of hydrogen-bond acceptors (Lipinski definition) is 5. The van der Waals surface area contributed by atoms with Crippen LogP contribution in [0.4, 0.5) is 9.52 Å². The molecule has 0 amide bonds. The van der Waals surface area contributed by atoms with Crippen LogP contribution in [0.1, 0.15) is 37.3 Å². The average Bonchev–Trinajstić information content (AvgIpc) is 3.04. The van der Waals surface area contributed by atoms with E-state index in [1.807, 2.05) is 12.1 Å². The van der Waals surface area contributed by atoms with Crippen molar-refractivity contribution in [2.75, 3.05) is 18.6 Å². The first-order valence-corrected chi connectivity index (χ1v) is 8.37. The number of rotatable bonds is 4. The fourth-order valence-electron chi connectivity index (χ4n) is 2.73. The molecule has 1 aromatic heterocycles. The number of nitrogens with zero attached hydrogens (tertiary/aromatic N) is 3. The number of halogens is 1. The molecule has 2 unspecified atom stereocenters. The molecular weight excluding hydrogens is 301 g/mol. The normalized spacial score (nSPS) is 21.8. The van der Waals surface area contributed by atoms with Gasteiger partial charge in [-0.05, 0) is 30.5 Å². The van der Waals surface area contributed by atoms with Gasteiger partial charge in [-0.1, -0.05) is 19.1 Å². The van der Waals surface area contributed by atoms with Crippen molar-refractivity contribution in [1.82, 2.24) is 9.36 Å². The molecule has 2 atom stereocenters. The monoisotopic (exact) mass is 321 g/mol. The first-order valence-electron chi connectivity index (χ1n) is 7.60. The predicted octanol–water partition coefficient (Wildman–Crippen LogP) is 3.60. The van der Waals surface area contributed by atoms with Gasteiger partial charge in [0.05, 0.1) is 6.10 Å². The maximum Gasteiger partial charge on any atom is 0.205 e. The summed E-state index contributed by atoms with van der Waals surface area (Å²) >= 11 is 1.45. The molecule has 118 valence electrons. The lowest BCUT2D eigenvalue weighted by Gasteiger charge is -2.35. The number of anilines is 1. The fourth-order valence-corrected chi connectivity index (χ4v) is 3.51. The number of benzene rings is 1. The van der Waals surface area contributed by atoms with E-state index in [0.717, 1.165) is 35.8 Å². The third kappa shape index (κ3) is 3.28. The van der Waals surface area contributed by atoms with Crippen LogP contribution in [-0.2, 0) is 11.2 Å². The maximum atomic E-state index is 13.1. The first-order chi connectivity index (χ1) is 10.7. The van der Waals surface area contributed by atoms with E-state index >= 15 is 0 Å². The van der Waals surface area contributed by atoms with E-state index in [-0.39, 0.29) is 11.9 Å². The second-order valence-corrected chi connectivity index (χ2v) is 6.28. The molecule has 22 heavy (non-hydrogen) atoms. The smallest absolute Gasteiger partial charge is 0.205 e. The van der Waals surface area contributed by atoms with Crippen molar-refractivity contribution in [2.24, 2.45) is 0 Å². The van der Waals surface area contributed by atoms with Crippen molar-refractivity contribution in [2.45, 2.75) is 38.3 Å². The van der Waals surface area contributed by atoms with Gasteiger partial charge in [0.1, 0.15) is 11.6 Å². The highest BCUT2D eigenvalue weighted by Crippen LogP contribution is 2.32. The van der Waals surface area contributed by atoms with Gasteiger partial charge >= 0.3 is 0 Å². The van der Waals surface area contributed by atoms with Crippen LogP contribution < -0.4 is 4.90 Å². The van der Waals surface area contributed by atoms with E-state index in [1.54, 1.807) is 0 Å². The maximum absolute atomic E-state index is 13.1. The fraction of sp³-hybridized carbons (Fsp3) is 0.500. The highest BCUT2D eigenvalue weighted by atomic mass is 32.1. The molecule has 2 aromatic rings. The predicted molar refractivity (Wildman–Crippen MR) is 85.8 cm³/mol. The van der Waals surface area contributed by atoms with E-state index < -0.39 is 0 Å². The molecule has 0 N–H and O–H groups in total. The summed E-state index contributed by atoms with van der Waals surface area (Å²) in [5, 5.41) is 0.960. The summed E-state index contributed by atoms with van der Waals surface area (Å²) in [4.78, 5) is 6.76. The van der Waals surface area contributed by atoms with Crippen LogP contribution in [0.5, 0.6) is 0 Å². The minimum Gasteiger partial charge on any atom is -0.373 e. The zero-order chi connectivity index (χ0) is 15.5. The molecule has 6 heteroatoms. The first kappa shape index (κ1) is 15.4. The summed E-state index contributed by atoms with van der Waals surface area (Å²) in [6, 6.07) is 6.96. The minimum absolute atomic E-state index is 0.0142. The van der Waals surface area contributed by atoms with Crippen LogP contribution >= 0.6 is 11.5 Å². The van der Waals surface area contributed by atoms with E-state index in [9.17, 15) is 4.39 Å². The zero-order valence-corrected chi connectivity index (χ0v) is 13.6. The Labute approximate surface area is 134 Å². The van der Waals surface area contributed by atoms with Crippen molar-refractivity contribution < 1.29 is 9.13 Å². The Morgan fingerprint density at radius 3 is 2.82 bits per heavy atom. The summed E-state index contributed by atoms with van der Waals surface area (Å²) in [5.41, 5.74) is 1.03. The molecule has 0 spiro atoms. The Balaban J connectivity index is 1.70. The standard InChI is InChI=1S/C16H20FN3OS/c1-3-15-18-16(22-19-15)20(2)13-8-9-21-14(10-13)11-4-6-12(17)7-5-11/h4-7,13-14H,3,8-10H2,1-2H3. The molecule has 1 saturated heterocycles. The lowest BCUT2D eigenvalue weighted by atomic mass is 9.97. The van der Waals surface area contributed by atoms with E-state index in [1.165, 1.54) is 23.7 Å². The van der Waals surface area contributed by atoms with Crippen molar-refractivity contribution >= 4 is 16.7 Å². The quantitative estimate of drug-likeness (QED) is 0.862. The van der Waals surface area contributed by atoms with Crippen LogP contribution in [0.2, 0.25) is 0 Å². The topological polar surface area (TPSA) is 38.2 Å². The van der Waals surface area contributed by atoms with Gasteiger partial charge in [0.2, 0.25) is 5.13 Å². The molecule has 1 aromatic carbocycles. The minimum atomic E-state index is -0.214. The largest absolute Gasteiger partial charge is 0.373 e. The Hall–Kier alpha value is -1.53. The number of aryl methyl sites for hydroxylation is 1. The van der Waals surface area contributed by atoms with E-state index in [4.69, 9.17) is 4.74 Å². The molecule has 1 fully saturated rings. The Morgan fingerprint density at radius 2 is 2.14 bits per heavy atom. The van der Waals surface area contributed by atoms with Gasteiger partial charge in [0.25, 0.3) is 0 Å². The Kier molecular flexibility index (Phi) is 4.69. The summed E-state index contributed by atoms with van der Waals surface area (Å²) < 4.78 is 23.3. The Morgan fingerprint density at radius 1 is 1.36 bits per heavy atom. The van der Waals surface area contributed by atoms with E-state index in [2.05, 4.69) is 28.2 Å². The highest BCUT2D eigenvalue weighted by molar-refractivity contribution is 7.09. The zero-order valence-electron chi connectivity index (χ0n) is 12.8. The average molecular weight is 321 g/mol. The van der Waals surface area contributed by atoms with Gasteiger partial charge in [0.15, 0.2) is 0 Å². The summed E-state index contributed by atoms with van der Waals surface area (Å²) in [5.74, 6) is 0.683. The molecule has 0 aliphatic carbocycles. The number of ether oxygens (including phenoxy) is 1. The van der Waals surface area contributed by atoms with Gasteiger partial charge < -0.3 is 9.64 Å². The lowest BCUT2D eigenvalue weighted by Crippen LogP contribution is -2.37. The van der Waals surface area contributed by atoms with Gasteiger partial charge in [0, 0.05) is 37.6 Å². The van der Waals surface area contributed by atoms with Crippen LogP contribution in [0.3, 0.4) is 0 Å². The molecule has 2 heterocycles. The van der Waals surface area contributed by atoms with Crippen LogP contribution in [0.15, 0.2) is 24.3 Å². The molecule has 0 radical (unpaired) electrons. The molecule has 1 aliphatic rings. The van der Waals surface area contributed by atoms with E-state index in [0.29, 0.717) is 12.6 Å². The summed E-state index contributed by atoms with van der Waals surface area (Å²) in [6.07, 6.45) is 2.72. The molecular formula is C16H20FN3OS. The van der Waals surface area contributed by atoms with Gasteiger partial charge in [-0.25, -0.2) is 9.37 Å². The second kappa shape index (κ2) is 6.71. The van der Waals surface area contributed by atoms with Crippen molar-refractivity contribution in [3.05, 3.63) is 41.5 Å². The molecule has 1 aliphatic heterocycles. The van der Waals surface area contributed by atoms with Gasteiger partial charge in [-0.2, -0.15) is 4.37 Å². The molecule has 4 nitrogen and oxygen atoms in total. The molecule has 0 bridgehead atoms. The third-order valence-corrected chi connectivity index (χ3v) is 4.97. The molecule has 0 saturated carbocycles. The van der Waals surface area contributed by atoms with Crippen molar-refractivity contribution in [1.29, 1.82) is 0 Å². The summed E-state index contributed by atoms with van der Waals surface area (Å²) in [6.45, 7) is 2.77. The Bertz CT molecular complexity index is 616. The second-order valence-electron chi connectivity index (χ2n) is 5.55.